The summed E-state index contributed by atoms with van der Waals surface area (Å²) in [5, 5.41) is 3.00. The maximum Gasteiger partial charge on any atom is 0.289 e. The molecule has 3 fully saturated rings. The molecule has 33 heavy (non-hydrogen) atoms. The largest absolute Gasteiger partial charge is 0.482 e. The SMILES string of the molecule is CC1CCCN(CCCNC(=O)CN2C(=O)/C(=C\c3cccc(F)c3)OC3CCCCC32)C1. The van der Waals surface area contributed by atoms with E-state index in [0.717, 1.165) is 57.7 Å². The van der Waals surface area contributed by atoms with E-state index >= 15 is 0 Å². The molecule has 0 spiro atoms. The molecular formula is C26H36FN3O3. The number of halogens is 1. The minimum Gasteiger partial charge on any atom is -0.482 e. The van der Waals surface area contributed by atoms with Gasteiger partial charge in [-0.25, -0.2) is 4.39 Å². The lowest BCUT2D eigenvalue weighted by Gasteiger charge is -2.44. The number of fused-ring (bicyclic) bond motifs is 1. The number of carbonyl (C=O) groups is 2. The number of likely N-dealkylation sites (tertiary alicyclic amines) is 1. The van der Waals surface area contributed by atoms with Crippen molar-refractivity contribution in [2.75, 3.05) is 32.7 Å². The summed E-state index contributed by atoms with van der Waals surface area (Å²) in [6, 6.07) is 5.99. The van der Waals surface area contributed by atoms with Crippen LogP contribution in [0.2, 0.25) is 0 Å². The standard InChI is InChI=1S/C26H36FN3O3/c1-19-7-5-13-29(17-19)14-6-12-28-25(31)18-30-22-10-2-3-11-23(22)33-24(26(30)32)16-20-8-4-9-21(27)15-20/h4,8-9,15-16,19,22-23H,2-3,5-7,10-14,17-18H2,1H3,(H,28,31)/b24-16+. The first-order chi connectivity index (χ1) is 16.0. The Balaban J connectivity index is 1.35. The molecule has 2 saturated heterocycles. The number of hydrogen-bond acceptors (Lipinski definition) is 4. The van der Waals surface area contributed by atoms with E-state index in [1.165, 1.54) is 25.0 Å². The zero-order valence-electron chi connectivity index (χ0n) is 19.6. The van der Waals surface area contributed by atoms with Gasteiger partial charge in [-0.1, -0.05) is 25.5 Å². The van der Waals surface area contributed by atoms with Crippen LogP contribution in [0.5, 0.6) is 0 Å². The summed E-state index contributed by atoms with van der Waals surface area (Å²) in [5.41, 5.74) is 0.573. The highest BCUT2D eigenvalue weighted by atomic mass is 19.1. The fraction of sp³-hybridized carbons (Fsp3) is 0.615. The molecular weight excluding hydrogens is 421 g/mol. The number of amides is 2. The van der Waals surface area contributed by atoms with Gasteiger partial charge in [0.1, 0.15) is 18.5 Å². The molecule has 0 bridgehead atoms. The minimum absolute atomic E-state index is 0.0323. The first-order valence-electron chi connectivity index (χ1n) is 12.4. The lowest BCUT2D eigenvalue weighted by molar-refractivity contribution is -0.151. The van der Waals surface area contributed by atoms with Gasteiger partial charge in [0.15, 0.2) is 5.76 Å². The number of ether oxygens (including phenoxy) is 1. The van der Waals surface area contributed by atoms with Crippen molar-refractivity contribution in [1.29, 1.82) is 0 Å². The van der Waals surface area contributed by atoms with E-state index in [-0.39, 0.29) is 42.1 Å². The molecule has 7 heteroatoms. The van der Waals surface area contributed by atoms with Crippen LogP contribution in [0.3, 0.4) is 0 Å². The van der Waals surface area contributed by atoms with Crippen LogP contribution >= 0.6 is 0 Å². The smallest absolute Gasteiger partial charge is 0.289 e. The van der Waals surface area contributed by atoms with Crippen LogP contribution in [-0.2, 0) is 14.3 Å². The average Bonchev–Trinajstić information content (AvgIpc) is 2.79. The first-order valence-corrected chi connectivity index (χ1v) is 12.4. The molecule has 1 aromatic carbocycles. The fourth-order valence-corrected chi connectivity index (χ4v) is 5.34. The van der Waals surface area contributed by atoms with E-state index in [0.29, 0.717) is 12.1 Å². The second-order valence-electron chi connectivity index (χ2n) is 9.76. The van der Waals surface area contributed by atoms with Crippen LogP contribution in [0.15, 0.2) is 30.0 Å². The van der Waals surface area contributed by atoms with Crippen molar-refractivity contribution >= 4 is 17.9 Å². The number of piperidine rings is 1. The average molecular weight is 458 g/mol. The highest BCUT2D eigenvalue weighted by Gasteiger charge is 2.42. The van der Waals surface area contributed by atoms with Crippen molar-refractivity contribution in [3.63, 3.8) is 0 Å². The molecule has 180 valence electrons. The number of nitrogens with one attached hydrogen (secondary N) is 1. The molecule has 0 radical (unpaired) electrons. The molecule has 3 aliphatic rings. The van der Waals surface area contributed by atoms with Crippen molar-refractivity contribution in [3.8, 4) is 0 Å². The number of hydrogen-bond donors (Lipinski definition) is 1. The Bertz CT molecular complexity index is 874. The Hall–Kier alpha value is -2.41. The number of rotatable bonds is 7. The third kappa shape index (κ3) is 6.34. The topological polar surface area (TPSA) is 61.9 Å². The maximum atomic E-state index is 13.6. The van der Waals surface area contributed by atoms with Gasteiger partial charge in [-0.05, 0) is 81.3 Å². The Morgan fingerprint density at radius 3 is 2.91 bits per heavy atom. The third-order valence-electron chi connectivity index (χ3n) is 6.99. The van der Waals surface area contributed by atoms with Gasteiger partial charge in [-0.2, -0.15) is 0 Å². The van der Waals surface area contributed by atoms with Crippen molar-refractivity contribution in [2.45, 2.75) is 64.0 Å². The van der Waals surface area contributed by atoms with Gasteiger partial charge in [0.2, 0.25) is 5.91 Å². The summed E-state index contributed by atoms with van der Waals surface area (Å²) < 4.78 is 19.6. The highest BCUT2D eigenvalue weighted by molar-refractivity contribution is 5.98. The number of morpholine rings is 1. The molecule has 1 N–H and O–H groups in total. The Morgan fingerprint density at radius 2 is 2.09 bits per heavy atom. The Kier molecular flexibility index (Phi) is 8.02. The van der Waals surface area contributed by atoms with Crippen molar-refractivity contribution in [2.24, 2.45) is 5.92 Å². The molecule has 2 heterocycles. The summed E-state index contributed by atoms with van der Waals surface area (Å²) in [5.74, 6) is 0.152. The molecule has 1 aromatic rings. The molecule has 2 amide bonds. The third-order valence-corrected chi connectivity index (χ3v) is 6.99. The summed E-state index contributed by atoms with van der Waals surface area (Å²) in [6.07, 6.45) is 8.68. The van der Waals surface area contributed by atoms with Crippen LogP contribution < -0.4 is 5.32 Å². The normalized spacial score (nSPS) is 27.2. The molecule has 1 saturated carbocycles. The monoisotopic (exact) mass is 457 g/mol. The van der Waals surface area contributed by atoms with E-state index in [1.807, 2.05) is 0 Å². The van der Waals surface area contributed by atoms with E-state index in [4.69, 9.17) is 4.74 Å². The van der Waals surface area contributed by atoms with Crippen LogP contribution in [0.1, 0.15) is 57.4 Å². The number of benzene rings is 1. The fourth-order valence-electron chi connectivity index (χ4n) is 5.34. The first kappa shape index (κ1) is 23.7. The molecule has 0 aromatic heterocycles. The van der Waals surface area contributed by atoms with Gasteiger partial charge in [0, 0.05) is 13.1 Å². The minimum atomic E-state index is -0.363. The molecule has 2 aliphatic heterocycles. The van der Waals surface area contributed by atoms with Gasteiger partial charge in [-0.3, -0.25) is 9.59 Å². The predicted molar refractivity (Wildman–Crippen MR) is 126 cm³/mol. The van der Waals surface area contributed by atoms with Gasteiger partial charge < -0.3 is 19.9 Å². The van der Waals surface area contributed by atoms with E-state index in [2.05, 4.69) is 17.1 Å². The molecule has 6 nitrogen and oxygen atoms in total. The van der Waals surface area contributed by atoms with Crippen LogP contribution in [0, 0.1) is 11.7 Å². The van der Waals surface area contributed by atoms with Gasteiger partial charge in [0.05, 0.1) is 6.04 Å². The van der Waals surface area contributed by atoms with Crippen molar-refractivity contribution in [1.82, 2.24) is 15.1 Å². The maximum absolute atomic E-state index is 13.6. The summed E-state index contributed by atoms with van der Waals surface area (Å²) in [7, 11) is 0. The second kappa shape index (κ2) is 11.1. The van der Waals surface area contributed by atoms with Crippen molar-refractivity contribution in [3.05, 3.63) is 41.4 Å². The highest BCUT2D eigenvalue weighted by Crippen LogP contribution is 2.33. The molecule has 4 rings (SSSR count). The second-order valence-corrected chi connectivity index (χ2v) is 9.76. The molecule has 1 aliphatic carbocycles. The van der Waals surface area contributed by atoms with E-state index < -0.39 is 0 Å². The van der Waals surface area contributed by atoms with E-state index in [9.17, 15) is 14.0 Å². The van der Waals surface area contributed by atoms with Crippen LogP contribution in [0.4, 0.5) is 4.39 Å². The van der Waals surface area contributed by atoms with Crippen LogP contribution in [-0.4, -0.2) is 66.5 Å². The Labute approximate surface area is 196 Å². The molecule has 3 atom stereocenters. The predicted octanol–water partition coefficient (Wildman–Crippen LogP) is 3.57. The van der Waals surface area contributed by atoms with Gasteiger partial charge >= 0.3 is 0 Å². The van der Waals surface area contributed by atoms with Crippen LogP contribution in [0.25, 0.3) is 6.08 Å². The van der Waals surface area contributed by atoms with Gasteiger partial charge in [-0.15, -0.1) is 0 Å². The Morgan fingerprint density at radius 1 is 1.24 bits per heavy atom. The summed E-state index contributed by atoms with van der Waals surface area (Å²) in [4.78, 5) is 30.1. The van der Waals surface area contributed by atoms with Crippen molar-refractivity contribution < 1.29 is 18.7 Å². The van der Waals surface area contributed by atoms with Gasteiger partial charge in [0.25, 0.3) is 5.91 Å². The lowest BCUT2D eigenvalue weighted by Crippen LogP contribution is -2.57. The number of nitrogens with zero attached hydrogens (tertiary/aromatic N) is 2. The zero-order valence-corrected chi connectivity index (χ0v) is 19.6. The lowest BCUT2D eigenvalue weighted by atomic mass is 9.89. The number of carbonyl (C=O) groups excluding carboxylic acids is 2. The zero-order chi connectivity index (χ0) is 23.2. The quantitative estimate of drug-likeness (QED) is 0.502. The summed E-state index contributed by atoms with van der Waals surface area (Å²) in [6.45, 7) is 6.21. The van der Waals surface area contributed by atoms with E-state index in [1.54, 1.807) is 23.1 Å². The molecule has 3 unspecified atom stereocenters. The summed E-state index contributed by atoms with van der Waals surface area (Å²) >= 11 is 0.